The molecule has 1 unspecified atom stereocenters. The van der Waals surface area contributed by atoms with Gasteiger partial charge in [-0.1, -0.05) is 18.2 Å². The number of anilines is 1. The zero-order valence-corrected chi connectivity index (χ0v) is 18.3. The summed E-state index contributed by atoms with van der Waals surface area (Å²) in [5.74, 6) is -0.00178. The van der Waals surface area contributed by atoms with Gasteiger partial charge in [-0.2, -0.15) is 5.10 Å². The fourth-order valence-electron chi connectivity index (χ4n) is 3.75. The van der Waals surface area contributed by atoms with Crippen LogP contribution in [-0.2, 0) is 16.0 Å². The van der Waals surface area contributed by atoms with Crippen LogP contribution < -0.4 is 9.64 Å². The van der Waals surface area contributed by atoms with Gasteiger partial charge in [-0.3, -0.25) is 4.79 Å². The molecule has 0 spiro atoms. The van der Waals surface area contributed by atoms with E-state index in [-0.39, 0.29) is 11.5 Å². The van der Waals surface area contributed by atoms with E-state index < -0.39 is 12.1 Å². The average Bonchev–Trinajstić information content (AvgIpc) is 3.20. The Morgan fingerprint density at radius 1 is 1.16 bits per heavy atom. The van der Waals surface area contributed by atoms with E-state index in [1.165, 1.54) is 10.9 Å². The lowest BCUT2D eigenvalue weighted by molar-refractivity contribution is -0.126. The molecule has 0 aliphatic carbocycles. The summed E-state index contributed by atoms with van der Waals surface area (Å²) in [6.07, 6.45) is 2.28. The van der Waals surface area contributed by atoms with Crippen molar-refractivity contribution in [1.82, 2.24) is 20.0 Å². The van der Waals surface area contributed by atoms with E-state index in [1.807, 2.05) is 31.2 Å². The highest BCUT2D eigenvalue weighted by molar-refractivity contribution is 6.00. The molecule has 0 radical (unpaired) electrons. The summed E-state index contributed by atoms with van der Waals surface area (Å²) >= 11 is 0. The van der Waals surface area contributed by atoms with Gasteiger partial charge < -0.3 is 14.4 Å². The topological polar surface area (TPSA) is 99.4 Å². The Balaban J connectivity index is 1.47. The van der Waals surface area contributed by atoms with Gasteiger partial charge in [0.15, 0.2) is 11.9 Å². The minimum atomic E-state index is -0.929. The highest BCUT2D eigenvalue weighted by Gasteiger charge is 2.29. The smallest absolute Gasteiger partial charge is 0.342 e. The maximum Gasteiger partial charge on any atom is 0.342 e. The molecule has 0 N–H and O–H groups in total. The van der Waals surface area contributed by atoms with Gasteiger partial charge >= 0.3 is 5.97 Å². The number of aryl methyl sites for hydroxylation is 1. The molecular weight excluding hydrogens is 410 g/mol. The van der Waals surface area contributed by atoms with E-state index in [0.717, 1.165) is 24.1 Å². The Morgan fingerprint density at radius 2 is 1.97 bits per heavy atom. The van der Waals surface area contributed by atoms with Crippen LogP contribution in [0.4, 0.5) is 5.69 Å². The van der Waals surface area contributed by atoms with Crippen LogP contribution in [-0.4, -0.2) is 51.1 Å². The average molecular weight is 435 g/mol. The molecule has 9 heteroatoms. The van der Waals surface area contributed by atoms with E-state index in [0.29, 0.717) is 30.5 Å². The predicted molar refractivity (Wildman–Crippen MR) is 117 cm³/mol. The second-order valence-electron chi connectivity index (χ2n) is 7.49. The molecule has 2 aromatic heterocycles. The number of fused-ring (bicyclic) bond motifs is 1. The van der Waals surface area contributed by atoms with Crippen LogP contribution in [0.2, 0.25) is 0 Å². The fourth-order valence-corrected chi connectivity index (χ4v) is 3.75. The van der Waals surface area contributed by atoms with Crippen molar-refractivity contribution in [1.29, 1.82) is 0 Å². The zero-order valence-electron chi connectivity index (χ0n) is 18.3. The number of aromatic nitrogens is 4. The number of para-hydroxylation sites is 1. The quantitative estimate of drug-likeness (QED) is 0.549. The van der Waals surface area contributed by atoms with Gasteiger partial charge in [0.25, 0.3) is 5.91 Å². The van der Waals surface area contributed by atoms with Gasteiger partial charge in [-0.25, -0.2) is 9.48 Å². The lowest BCUT2D eigenvalue weighted by Crippen LogP contribution is -2.42. The summed E-state index contributed by atoms with van der Waals surface area (Å²) < 4.78 is 12.3. The largest absolute Gasteiger partial charge is 0.477 e. The molecule has 1 aromatic carbocycles. The zero-order chi connectivity index (χ0) is 22.7. The predicted octanol–water partition coefficient (Wildman–Crippen LogP) is 2.89. The molecule has 1 aliphatic heterocycles. The van der Waals surface area contributed by atoms with Crippen LogP contribution in [0.25, 0.3) is 5.82 Å². The molecule has 0 saturated carbocycles. The van der Waals surface area contributed by atoms with Crippen molar-refractivity contribution in [2.45, 2.75) is 39.7 Å². The first-order valence-electron chi connectivity index (χ1n) is 10.6. The van der Waals surface area contributed by atoms with Gasteiger partial charge in [0.1, 0.15) is 5.56 Å². The molecule has 1 atom stereocenters. The standard InChI is InChI=1S/C23H25N5O4/c1-4-31-21-12-11-20(25-26-21)28-15(2)18(14-24-28)23(30)32-16(3)22(29)27-13-7-9-17-8-5-6-10-19(17)27/h5-6,8,10-12,14,16H,4,7,9,13H2,1-3H3. The highest BCUT2D eigenvalue weighted by atomic mass is 16.5. The van der Waals surface area contributed by atoms with E-state index in [2.05, 4.69) is 15.3 Å². The van der Waals surface area contributed by atoms with Crippen LogP contribution in [0.3, 0.4) is 0 Å². The normalized spacial score (nSPS) is 13.9. The van der Waals surface area contributed by atoms with Crippen molar-refractivity contribution in [2.75, 3.05) is 18.1 Å². The van der Waals surface area contributed by atoms with E-state index in [4.69, 9.17) is 9.47 Å². The molecule has 1 amide bonds. The molecule has 3 heterocycles. The Hall–Kier alpha value is -3.75. The van der Waals surface area contributed by atoms with Crippen LogP contribution in [0, 0.1) is 6.92 Å². The number of amides is 1. The number of carbonyl (C=O) groups is 2. The van der Waals surface area contributed by atoms with Crippen molar-refractivity contribution < 1.29 is 19.1 Å². The first kappa shape index (κ1) is 21.5. The van der Waals surface area contributed by atoms with E-state index in [1.54, 1.807) is 30.9 Å². The maximum atomic E-state index is 13.0. The van der Waals surface area contributed by atoms with Crippen LogP contribution >= 0.6 is 0 Å². The number of esters is 1. The molecule has 0 saturated heterocycles. The summed E-state index contributed by atoms with van der Waals surface area (Å²) in [7, 11) is 0. The van der Waals surface area contributed by atoms with Crippen molar-refractivity contribution in [3.8, 4) is 11.7 Å². The Bertz CT molecular complexity index is 1130. The number of ether oxygens (including phenoxy) is 2. The number of nitrogens with zero attached hydrogens (tertiary/aromatic N) is 5. The first-order valence-corrected chi connectivity index (χ1v) is 10.6. The van der Waals surface area contributed by atoms with Gasteiger partial charge in [0.05, 0.1) is 18.5 Å². The van der Waals surface area contributed by atoms with Gasteiger partial charge in [0.2, 0.25) is 5.88 Å². The Labute approximate surface area is 186 Å². The van der Waals surface area contributed by atoms with Gasteiger partial charge in [-0.15, -0.1) is 10.2 Å². The molecule has 32 heavy (non-hydrogen) atoms. The number of hydrogen-bond acceptors (Lipinski definition) is 7. The molecule has 166 valence electrons. The molecule has 0 bridgehead atoms. The third-order valence-electron chi connectivity index (χ3n) is 5.37. The van der Waals surface area contributed by atoms with Crippen LogP contribution in [0.5, 0.6) is 5.88 Å². The highest BCUT2D eigenvalue weighted by Crippen LogP contribution is 2.27. The monoisotopic (exact) mass is 435 g/mol. The lowest BCUT2D eigenvalue weighted by atomic mass is 10.0. The molecular formula is C23H25N5O4. The summed E-state index contributed by atoms with van der Waals surface area (Å²) in [5.41, 5.74) is 2.81. The molecule has 1 aliphatic rings. The third-order valence-corrected chi connectivity index (χ3v) is 5.37. The molecule has 4 rings (SSSR count). The van der Waals surface area contributed by atoms with E-state index in [9.17, 15) is 9.59 Å². The summed E-state index contributed by atoms with van der Waals surface area (Å²) in [4.78, 5) is 27.5. The third kappa shape index (κ3) is 4.18. The lowest BCUT2D eigenvalue weighted by Gasteiger charge is -2.31. The van der Waals surface area contributed by atoms with E-state index >= 15 is 0 Å². The first-order chi connectivity index (χ1) is 15.5. The van der Waals surface area contributed by atoms with Crippen molar-refractivity contribution in [3.63, 3.8) is 0 Å². The summed E-state index contributed by atoms with van der Waals surface area (Å²) in [5, 5.41) is 12.3. The van der Waals surface area contributed by atoms with Crippen LogP contribution in [0.15, 0.2) is 42.6 Å². The van der Waals surface area contributed by atoms with Crippen molar-refractivity contribution in [2.24, 2.45) is 0 Å². The minimum Gasteiger partial charge on any atom is -0.477 e. The summed E-state index contributed by atoms with van der Waals surface area (Å²) in [6.45, 7) is 6.28. The SMILES string of the molecule is CCOc1ccc(-n2ncc(C(=O)OC(C)C(=O)N3CCCc4ccccc43)c2C)nn1. The van der Waals surface area contributed by atoms with Crippen molar-refractivity contribution >= 4 is 17.6 Å². The van der Waals surface area contributed by atoms with Gasteiger partial charge in [0, 0.05) is 18.3 Å². The van der Waals surface area contributed by atoms with Crippen molar-refractivity contribution in [3.05, 3.63) is 59.4 Å². The number of rotatable bonds is 6. The Morgan fingerprint density at radius 3 is 2.72 bits per heavy atom. The summed E-state index contributed by atoms with van der Waals surface area (Å²) in [6, 6.07) is 11.2. The number of benzene rings is 1. The second kappa shape index (κ2) is 9.17. The fraction of sp³-hybridized carbons (Fsp3) is 0.348. The molecule has 0 fully saturated rings. The number of carbonyl (C=O) groups excluding carboxylic acids is 2. The Kier molecular flexibility index (Phi) is 6.16. The number of hydrogen-bond donors (Lipinski definition) is 0. The van der Waals surface area contributed by atoms with Crippen LogP contribution in [0.1, 0.15) is 41.9 Å². The van der Waals surface area contributed by atoms with Gasteiger partial charge in [-0.05, 0) is 51.3 Å². The second-order valence-corrected chi connectivity index (χ2v) is 7.49. The molecule has 9 nitrogen and oxygen atoms in total. The maximum absolute atomic E-state index is 13.0. The molecule has 3 aromatic rings. The minimum absolute atomic E-state index is 0.243.